The van der Waals surface area contributed by atoms with Gasteiger partial charge in [0.25, 0.3) is 0 Å². The number of hydrogen-bond acceptors (Lipinski definition) is 2. The maximum atomic E-state index is 12.2. The normalized spacial score (nSPS) is 16.5. The van der Waals surface area contributed by atoms with Gasteiger partial charge in [0.1, 0.15) is 0 Å². The van der Waals surface area contributed by atoms with E-state index >= 15 is 0 Å². The summed E-state index contributed by atoms with van der Waals surface area (Å²) in [6.45, 7) is 0. The predicted octanol–water partition coefficient (Wildman–Crippen LogP) is 3.77. The Kier molecular flexibility index (Phi) is 4.97. The van der Waals surface area contributed by atoms with Crippen molar-refractivity contribution in [1.29, 1.82) is 0 Å². The number of carbonyl (C=O) groups excluding carboxylic acids is 1. The monoisotopic (exact) mass is 329 g/mol. The average molecular weight is 329 g/mol. The molecule has 2 N–H and O–H groups in total. The summed E-state index contributed by atoms with van der Waals surface area (Å²) in [5.41, 5.74) is -0.135. The van der Waals surface area contributed by atoms with Gasteiger partial charge in [0.2, 0.25) is 5.91 Å². The highest BCUT2D eigenvalue weighted by atomic mass is 19.4. The lowest BCUT2D eigenvalue weighted by Crippen LogP contribution is -2.41. The Morgan fingerprint density at radius 2 is 1.96 bits per heavy atom. The summed E-state index contributed by atoms with van der Waals surface area (Å²) in [5.74, 6) is -1.40. The molecule has 0 bridgehead atoms. The van der Waals surface area contributed by atoms with Crippen molar-refractivity contribution in [2.45, 2.75) is 44.7 Å². The second kappa shape index (κ2) is 6.60. The van der Waals surface area contributed by atoms with Crippen molar-refractivity contribution in [3.8, 4) is 0 Å². The third kappa shape index (κ3) is 4.71. The molecule has 0 atom stereocenters. The fourth-order valence-corrected chi connectivity index (χ4v) is 2.67. The van der Waals surface area contributed by atoms with Crippen LogP contribution in [0.2, 0.25) is 0 Å². The van der Waals surface area contributed by atoms with Gasteiger partial charge in [-0.1, -0.05) is 18.6 Å². The van der Waals surface area contributed by atoms with E-state index < -0.39 is 29.9 Å². The highest BCUT2D eigenvalue weighted by Gasteiger charge is 2.45. The van der Waals surface area contributed by atoms with E-state index in [4.69, 9.17) is 0 Å². The summed E-state index contributed by atoms with van der Waals surface area (Å²) in [4.78, 5) is 23.2. The Labute approximate surface area is 131 Å². The molecular formula is C16H18F3NO3. The molecule has 1 saturated carbocycles. The van der Waals surface area contributed by atoms with Crippen LogP contribution in [0.15, 0.2) is 24.3 Å². The van der Waals surface area contributed by atoms with Crippen molar-refractivity contribution in [1.82, 2.24) is 0 Å². The SMILES string of the molecule is O=C(CC1(C(=O)O)CCC1)Nc1cccc(CCC(F)(F)F)c1. The Hall–Kier alpha value is -2.05. The summed E-state index contributed by atoms with van der Waals surface area (Å²) in [6.07, 6.45) is -3.69. The number of alkyl halides is 3. The van der Waals surface area contributed by atoms with E-state index in [1.54, 1.807) is 18.2 Å². The number of aryl methyl sites for hydroxylation is 1. The van der Waals surface area contributed by atoms with Gasteiger partial charge in [-0.05, 0) is 37.0 Å². The van der Waals surface area contributed by atoms with Crippen LogP contribution in [0.4, 0.5) is 18.9 Å². The summed E-state index contributed by atoms with van der Waals surface area (Å²) < 4.78 is 36.7. The highest BCUT2D eigenvalue weighted by molar-refractivity contribution is 5.94. The maximum Gasteiger partial charge on any atom is 0.389 e. The minimum Gasteiger partial charge on any atom is -0.481 e. The zero-order chi connectivity index (χ0) is 17.1. The van der Waals surface area contributed by atoms with E-state index in [-0.39, 0.29) is 12.8 Å². The van der Waals surface area contributed by atoms with Crippen molar-refractivity contribution in [2.75, 3.05) is 5.32 Å². The van der Waals surface area contributed by atoms with E-state index in [2.05, 4.69) is 5.32 Å². The van der Waals surface area contributed by atoms with Crippen molar-refractivity contribution in [3.63, 3.8) is 0 Å². The number of amides is 1. The van der Waals surface area contributed by atoms with Gasteiger partial charge >= 0.3 is 12.1 Å². The minimum atomic E-state index is -4.22. The first-order valence-electron chi connectivity index (χ1n) is 7.39. The quantitative estimate of drug-likeness (QED) is 0.835. The molecule has 0 radical (unpaired) electrons. The molecule has 1 fully saturated rings. The molecule has 2 rings (SSSR count). The van der Waals surface area contributed by atoms with Gasteiger partial charge in [-0.15, -0.1) is 0 Å². The van der Waals surface area contributed by atoms with Crippen molar-refractivity contribution in [3.05, 3.63) is 29.8 Å². The standard InChI is InChI=1S/C16H18F3NO3/c17-16(18,19)8-5-11-3-1-4-12(9-11)20-13(21)10-15(14(22)23)6-2-7-15/h1,3-4,9H,2,5-8,10H2,(H,20,21)(H,22,23). The molecule has 0 spiro atoms. The largest absolute Gasteiger partial charge is 0.481 e. The van der Waals surface area contributed by atoms with Crippen LogP contribution >= 0.6 is 0 Å². The van der Waals surface area contributed by atoms with Crippen molar-refractivity contribution >= 4 is 17.6 Å². The van der Waals surface area contributed by atoms with Gasteiger partial charge in [0.05, 0.1) is 5.41 Å². The van der Waals surface area contributed by atoms with E-state index in [1.165, 1.54) is 6.07 Å². The highest BCUT2D eigenvalue weighted by Crippen LogP contribution is 2.44. The fraction of sp³-hybridized carbons (Fsp3) is 0.500. The lowest BCUT2D eigenvalue weighted by molar-refractivity contribution is -0.157. The molecule has 23 heavy (non-hydrogen) atoms. The van der Waals surface area contributed by atoms with E-state index in [0.717, 1.165) is 6.42 Å². The number of carboxylic acids is 1. The summed E-state index contributed by atoms with van der Waals surface area (Å²) in [6, 6.07) is 6.19. The molecule has 0 aliphatic heterocycles. The van der Waals surface area contributed by atoms with Crippen LogP contribution in [0, 0.1) is 5.41 Å². The first-order valence-corrected chi connectivity index (χ1v) is 7.39. The summed E-state index contributed by atoms with van der Waals surface area (Å²) >= 11 is 0. The Morgan fingerprint density at radius 1 is 1.26 bits per heavy atom. The molecule has 0 saturated heterocycles. The number of hydrogen-bond donors (Lipinski definition) is 2. The maximum absolute atomic E-state index is 12.2. The summed E-state index contributed by atoms with van der Waals surface area (Å²) in [7, 11) is 0. The molecule has 126 valence electrons. The van der Waals surface area contributed by atoms with Crippen LogP contribution in [-0.4, -0.2) is 23.2 Å². The van der Waals surface area contributed by atoms with Gasteiger partial charge in [0.15, 0.2) is 0 Å². The lowest BCUT2D eigenvalue weighted by atomic mass is 9.66. The topological polar surface area (TPSA) is 66.4 Å². The molecule has 0 heterocycles. The molecule has 0 aromatic heterocycles. The fourth-order valence-electron chi connectivity index (χ4n) is 2.67. The Bertz CT molecular complexity index is 594. The van der Waals surface area contributed by atoms with Crippen LogP contribution in [0.3, 0.4) is 0 Å². The number of rotatable bonds is 6. The van der Waals surface area contributed by atoms with Crippen LogP contribution in [0.5, 0.6) is 0 Å². The van der Waals surface area contributed by atoms with Crippen molar-refractivity contribution < 1.29 is 27.9 Å². The first-order chi connectivity index (χ1) is 10.7. The third-order valence-electron chi connectivity index (χ3n) is 4.17. The smallest absolute Gasteiger partial charge is 0.389 e. The van der Waals surface area contributed by atoms with Gasteiger partial charge in [0, 0.05) is 18.5 Å². The van der Waals surface area contributed by atoms with E-state index in [9.17, 15) is 27.9 Å². The van der Waals surface area contributed by atoms with Gasteiger partial charge in [-0.3, -0.25) is 9.59 Å². The van der Waals surface area contributed by atoms with Crippen LogP contribution in [0.25, 0.3) is 0 Å². The molecule has 0 unspecified atom stereocenters. The molecule has 4 nitrogen and oxygen atoms in total. The van der Waals surface area contributed by atoms with Crippen LogP contribution < -0.4 is 5.32 Å². The second-order valence-corrected chi connectivity index (χ2v) is 5.98. The second-order valence-electron chi connectivity index (χ2n) is 5.98. The minimum absolute atomic E-state index is 0.116. The number of aliphatic carboxylic acids is 1. The number of anilines is 1. The zero-order valence-corrected chi connectivity index (χ0v) is 12.4. The molecule has 1 aliphatic rings. The first kappa shape index (κ1) is 17.3. The van der Waals surface area contributed by atoms with E-state index in [0.29, 0.717) is 24.1 Å². The number of halogens is 3. The van der Waals surface area contributed by atoms with E-state index in [1.807, 2.05) is 0 Å². The van der Waals surface area contributed by atoms with Crippen LogP contribution in [-0.2, 0) is 16.0 Å². The number of carboxylic acid groups (broad SMARTS) is 1. The number of benzene rings is 1. The van der Waals surface area contributed by atoms with Gasteiger partial charge in [-0.25, -0.2) is 0 Å². The van der Waals surface area contributed by atoms with Gasteiger partial charge in [-0.2, -0.15) is 13.2 Å². The Morgan fingerprint density at radius 3 is 2.48 bits per heavy atom. The van der Waals surface area contributed by atoms with Gasteiger partial charge < -0.3 is 10.4 Å². The Balaban J connectivity index is 1.94. The number of nitrogens with one attached hydrogen (secondary N) is 1. The molecule has 1 aromatic rings. The lowest BCUT2D eigenvalue weighted by Gasteiger charge is -2.36. The molecule has 7 heteroatoms. The van der Waals surface area contributed by atoms with Crippen molar-refractivity contribution in [2.24, 2.45) is 5.41 Å². The molecule has 1 aliphatic carbocycles. The third-order valence-corrected chi connectivity index (χ3v) is 4.17. The molecule has 1 aromatic carbocycles. The molecular weight excluding hydrogens is 311 g/mol. The predicted molar refractivity (Wildman–Crippen MR) is 78.0 cm³/mol. The zero-order valence-electron chi connectivity index (χ0n) is 12.4. The number of carbonyl (C=O) groups is 2. The van der Waals surface area contributed by atoms with Crippen LogP contribution in [0.1, 0.15) is 37.7 Å². The summed E-state index contributed by atoms with van der Waals surface area (Å²) in [5, 5.41) is 11.8. The average Bonchev–Trinajstić information content (AvgIpc) is 2.40. The molecule has 1 amide bonds.